The second kappa shape index (κ2) is 8.95. The predicted octanol–water partition coefficient (Wildman–Crippen LogP) is 1.06. The maximum Gasteiger partial charge on any atom is 0.348 e. The molecule has 0 saturated carbocycles. The first-order chi connectivity index (χ1) is 13.3. The standard InChI is InChI=1S/C17H16N2O8S/c1-9-12(16(22)25-2)14(28-13(9)17(23)26-3)18-11(20)8-27-15(21)10-4-6-19(24)7-5-10/h4-7H,8H2,1-3H3,(H,18,20). The Bertz CT molecular complexity index is 920. The van der Waals surface area contributed by atoms with Crippen molar-refractivity contribution in [2.75, 3.05) is 26.1 Å². The number of amides is 1. The third-order valence-corrected chi connectivity index (χ3v) is 4.72. The molecule has 2 aromatic rings. The van der Waals surface area contributed by atoms with Crippen LogP contribution in [0.25, 0.3) is 0 Å². The number of carbonyl (C=O) groups excluding carboxylic acids is 4. The molecule has 2 aromatic heterocycles. The molecular weight excluding hydrogens is 392 g/mol. The quantitative estimate of drug-likeness (QED) is 0.324. The van der Waals surface area contributed by atoms with Gasteiger partial charge in [-0.15, -0.1) is 11.3 Å². The van der Waals surface area contributed by atoms with E-state index in [0.717, 1.165) is 30.8 Å². The lowest BCUT2D eigenvalue weighted by atomic mass is 10.1. The Balaban J connectivity index is 2.12. The number of methoxy groups -OCH3 is 2. The van der Waals surface area contributed by atoms with E-state index in [1.165, 1.54) is 26.2 Å². The van der Waals surface area contributed by atoms with Crippen molar-refractivity contribution in [2.45, 2.75) is 6.92 Å². The van der Waals surface area contributed by atoms with Gasteiger partial charge in [-0.1, -0.05) is 0 Å². The summed E-state index contributed by atoms with van der Waals surface area (Å²) >= 11 is 0.838. The second-order valence-corrected chi connectivity index (χ2v) is 6.34. The van der Waals surface area contributed by atoms with Gasteiger partial charge >= 0.3 is 17.9 Å². The maximum absolute atomic E-state index is 12.1. The molecule has 0 bridgehead atoms. The van der Waals surface area contributed by atoms with Gasteiger partial charge in [-0.3, -0.25) is 4.79 Å². The third-order valence-electron chi connectivity index (χ3n) is 3.53. The van der Waals surface area contributed by atoms with Crippen molar-refractivity contribution in [3.05, 3.63) is 51.3 Å². The van der Waals surface area contributed by atoms with Gasteiger partial charge in [0.2, 0.25) is 0 Å². The fourth-order valence-electron chi connectivity index (χ4n) is 2.16. The van der Waals surface area contributed by atoms with Crippen molar-refractivity contribution in [2.24, 2.45) is 0 Å². The third kappa shape index (κ3) is 4.62. The molecule has 2 heterocycles. The summed E-state index contributed by atoms with van der Waals surface area (Å²) in [7, 11) is 2.35. The van der Waals surface area contributed by atoms with Gasteiger partial charge in [0.1, 0.15) is 9.88 Å². The van der Waals surface area contributed by atoms with Crippen molar-refractivity contribution >= 4 is 40.2 Å². The molecule has 0 aliphatic heterocycles. The summed E-state index contributed by atoms with van der Waals surface area (Å²) in [4.78, 5) is 48.0. The number of rotatable bonds is 6. The minimum absolute atomic E-state index is 0.00985. The normalized spacial score (nSPS) is 10.1. The maximum atomic E-state index is 12.1. The SMILES string of the molecule is COC(=O)c1sc(NC(=O)COC(=O)c2cc[n+]([O-])cc2)c(C(=O)OC)c1C. The van der Waals surface area contributed by atoms with Crippen LogP contribution in [0.4, 0.5) is 5.00 Å². The molecule has 2 rings (SSSR count). The zero-order valence-corrected chi connectivity index (χ0v) is 16.0. The summed E-state index contributed by atoms with van der Waals surface area (Å²) in [5.41, 5.74) is 0.400. The number of carbonyl (C=O) groups is 4. The molecule has 148 valence electrons. The van der Waals surface area contributed by atoms with E-state index in [9.17, 15) is 24.4 Å². The average molecular weight is 408 g/mol. The number of hydrogen-bond donors (Lipinski definition) is 1. The summed E-state index contributed by atoms with van der Waals surface area (Å²) in [5, 5.41) is 13.4. The highest BCUT2D eigenvalue weighted by molar-refractivity contribution is 7.18. The van der Waals surface area contributed by atoms with Crippen LogP contribution < -0.4 is 10.0 Å². The van der Waals surface area contributed by atoms with E-state index in [0.29, 0.717) is 10.3 Å². The van der Waals surface area contributed by atoms with Gasteiger partial charge in [-0.05, 0) is 12.5 Å². The molecular formula is C17H16N2O8S. The van der Waals surface area contributed by atoms with E-state index in [-0.39, 0.29) is 21.0 Å². The van der Waals surface area contributed by atoms with Crippen molar-refractivity contribution in [1.29, 1.82) is 0 Å². The van der Waals surface area contributed by atoms with Crippen molar-refractivity contribution in [1.82, 2.24) is 0 Å². The summed E-state index contributed by atoms with van der Waals surface area (Å²) in [5.74, 6) is -2.95. The summed E-state index contributed by atoms with van der Waals surface area (Å²) in [6.07, 6.45) is 2.23. The first-order valence-electron chi connectivity index (χ1n) is 7.74. The van der Waals surface area contributed by atoms with Crippen LogP contribution in [0.15, 0.2) is 24.5 Å². The molecule has 0 aromatic carbocycles. The minimum atomic E-state index is -0.804. The molecule has 0 spiro atoms. The number of ether oxygens (including phenoxy) is 3. The highest BCUT2D eigenvalue weighted by Crippen LogP contribution is 2.34. The number of esters is 3. The number of nitrogens with one attached hydrogen (secondary N) is 1. The van der Waals surface area contributed by atoms with Crippen molar-refractivity contribution in [3.8, 4) is 0 Å². The Kier molecular flexibility index (Phi) is 6.66. The highest BCUT2D eigenvalue weighted by Gasteiger charge is 2.27. The zero-order valence-electron chi connectivity index (χ0n) is 15.1. The van der Waals surface area contributed by atoms with Crippen LogP contribution in [0, 0.1) is 12.1 Å². The second-order valence-electron chi connectivity index (χ2n) is 5.31. The molecule has 0 radical (unpaired) electrons. The smallest absolute Gasteiger partial charge is 0.348 e. The van der Waals surface area contributed by atoms with Gasteiger partial charge in [0, 0.05) is 12.1 Å². The highest BCUT2D eigenvalue weighted by atomic mass is 32.1. The van der Waals surface area contributed by atoms with Crippen LogP contribution in [-0.2, 0) is 19.0 Å². The van der Waals surface area contributed by atoms with Crippen LogP contribution in [0.1, 0.15) is 36.0 Å². The number of thiophene rings is 1. The van der Waals surface area contributed by atoms with E-state index < -0.39 is 30.4 Å². The van der Waals surface area contributed by atoms with E-state index in [1.54, 1.807) is 0 Å². The monoisotopic (exact) mass is 408 g/mol. The number of hydrogen-bond acceptors (Lipinski definition) is 9. The van der Waals surface area contributed by atoms with Gasteiger partial charge in [-0.25, -0.2) is 14.4 Å². The average Bonchev–Trinajstić information content (AvgIpc) is 3.01. The van der Waals surface area contributed by atoms with Crippen molar-refractivity contribution in [3.63, 3.8) is 0 Å². The van der Waals surface area contributed by atoms with Gasteiger partial charge < -0.3 is 24.7 Å². The topological polar surface area (TPSA) is 135 Å². The summed E-state index contributed by atoms with van der Waals surface area (Å²) < 4.78 is 14.7. The first-order valence-corrected chi connectivity index (χ1v) is 8.56. The number of nitrogens with zero attached hydrogens (tertiary/aromatic N) is 1. The van der Waals surface area contributed by atoms with E-state index in [2.05, 4.69) is 14.8 Å². The van der Waals surface area contributed by atoms with Gasteiger partial charge in [0.25, 0.3) is 5.91 Å². The number of pyridine rings is 1. The van der Waals surface area contributed by atoms with E-state index in [4.69, 9.17) is 4.74 Å². The summed E-state index contributed by atoms with van der Waals surface area (Å²) in [6.45, 7) is 0.874. The zero-order chi connectivity index (χ0) is 20.8. The molecule has 1 N–H and O–H groups in total. The molecule has 0 aliphatic carbocycles. The van der Waals surface area contributed by atoms with Gasteiger partial charge in [-0.2, -0.15) is 4.73 Å². The Morgan fingerprint density at radius 1 is 1.07 bits per heavy atom. The molecule has 0 fully saturated rings. The lowest BCUT2D eigenvalue weighted by Gasteiger charge is -2.07. The minimum Gasteiger partial charge on any atom is -0.619 e. The molecule has 0 unspecified atom stereocenters. The van der Waals surface area contributed by atoms with E-state index >= 15 is 0 Å². The molecule has 10 nitrogen and oxygen atoms in total. The number of aromatic nitrogens is 1. The lowest BCUT2D eigenvalue weighted by molar-refractivity contribution is -0.605. The molecule has 1 amide bonds. The molecule has 0 aliphatic rings. The molecule has 0 atom stereocenters. The Morgan fingerprint density at radius 3 is 2.25 bits per heavy atom. The Labute approximate surface area is 163 Å². The predicted molar refractivity (Wildman–Crippen MR) is 96.0 cm³/mol. The molecule has 0 saturated heterocycles. The fraction of sp³-hybridized carbons (Fsp3) is 0.235. The lowest BCUT2D eigenvalue weighted by Crippen LogP contribution is -2.25. The molecule has 28 heavy (non-hydrogen) atoms. The molecule has 11 heteroatoms. The van der Waals surface area contributed by atoms with Crippen LogP contribution in [0.5, 0.6) is 0 Å². The Hall–Kier alpha value is -3.47. The van der Waals surface area contributed by atoms with Crippen molar-refractivity contribution < 1.29 is 38.1 Å². The van der Waals surface area contributed by atoms with E-state index in [1.807, 2.05) is 0 Å². The largest absolute Gasteiger partial charge is 0.619 e. The van der Waals surface area contributed by atoms with Crippen LogP contribution in [-0.4, -0.2) is 44.6 Å². The van der Waals surface area contributed by atoms with Crippen LogP contribution in [0.2, 0.25) is 0 Å². The van der Waals surface area contributed by atoms with Crippen LogP contribution >= 0.6 is 11.3 Å². The number of anilines is 1. The van der Waals surface area contributed by atoms with Crippen LogP contribution in [0.3, 0.4) is 0 Å². The van der Waals surface area contributed by atoms with Gasteiger partial charge in [0.05, 0.1) is 25.3 Å². The Morgan fingerprint density at radius 2 is 1.68 bits per heavy atom. The fourth-order valence-corrected chi connectivity index (χ4v) is 3.29. The van der Waals surface area contributed by atoms with Gasteiger partial charge in [0.15, 0.2) is 19.0 Å². The summed E-state index contributed by atoms with van der Waals surface area (Å²) in [6, 6.07) is 2.49. The first kappa shape index (κ1) is 20.8.